The van der Waals surface area contributed by atoms with Gasteiger partial charge in [0.15, 0.2) is 0 Å². The predicted molar refractivity (Wildman–Crippen MR) is 45.8 cm³/mol. The number of ether oxygens (including phenoxy) is 1. The molecule has 2 rings (SSSR count). The Morgan fingerprint density at radius 1 is 1.67 bits per heavy atom. The molecule has 1 aromatic heterocycles. The van der Waals surface area contributed by atoms with Crippen LogP contribution in [0.2, 0.25) is 0 Å². The number of morpholine rings is 1. The summed E-state index contributed by atoms with van der Waals surface area (Å²) in [6.45, 7) is -4.35. The summed E-state index contributed by atoms with van der Waals surface area (Å²) in [5, 5.41) is 2.49. The fourth-order valence-corrected chi connectivity index (χ4v) is 1.05. The van der Waals surface area contributed by atoms with E-state index in [1.54, 1.807) is 24.4 Å². The Morgan fingerprint density at radius 2 is 2.67 bits per heavy atom. The van der Waals surface area contributed by atoms with E-state index in [0.717, 1.165) is 0 Å². The zero-order valence-electron chi connectivity index (χ0n) is 10.4. The summed E-state index contributed by atoms with van der Waals surface area (Å²) >= 11 is 0. The molecule has 2 heterocycles. The number of aromatic nitrogens is 1. The normalized spacial score (nSPS) is 37.2. The first kappa shape index (κ1) is 4.35. The Bertz CT molecular complexity index is 371. The monoisotopic (exact) mass is 168 g/mol. The van der Waals surface area contributed by atoms with Crippen LogP contribution in [0.4, 0.5) is 0 Å². The first-order chi connectivity index (χ1) is 7.42. The maximum absolute atomic E-state index is 7.49. The van der Waals surface area contributed by atoms with Gasteiger partial charge in [0.2, 0.25) is 0 Å². The van der Waals surface area contributed by atoms with Gasteiger partial charge in [0.1, 0.15) is 6.10 Å². The molecule has 0 spiro atoms. The van der Waals surface area contributed by atoms with Crippen molar-refractivity contribution in [2.45, 2.75) is 6.10 Å². The molecule has 1 aliphatic rings. The number of pyridine rings is 1. The second-order valence-electron chi connectivity index (χ2n) is 2.47. The van der Waals surface area contributed by atoms with Crippen LogP contribution in [0.1, 0.15) is 17.3 Å². The molecule has 12 heavy (non-hydrogen) atoms. The minimum atomic E-state index is -2.37. The van der Waals surface area contributed by atoms with Crippen LogP contribution in [0.3, 0.4) is 0 Å². The summed E-state index contributed by atoms with van der Waals surface area (Å²) in [6, 6.07) is 5.27. The average molecular weight is 168 g/mol. The fourth-order valence-electron chi connectivity index (χ4n) is 1.05. The lowest BCUT2D eigenvalue weighted by atomic mass is 10.2. The van der Waals surface area contributed by atoms with E-state index >= 15 is 0 Å². The van der Waals surface area contributed by atoms with Crippen LogP contribution in [-0.4, -0.2) is 24.6 Å². The second kappa shape index (κ2) is 3.65. The first-order valence-corrected chi connectivity index (χ1v) is 3.76. The molecule has 0 radical (unpaired) electrons. The van der Waals surface area contributed by atoms with Crippen molar-refractivity contribution >= 4 is 0 Å². The van der Waals surface area contributed by atoms with Crippen LogP contribution in [0, 0.1) is 0 Å². The zero-order valence-corrected chi connectivity index (χ0v) is 6.45. The fraction of sp³-hybridized carbons (Fsp3) is 0.444. The van der Waals surface area contributed by atoms with Gasteiger partial charge in [-0.15, -0.1) is 0 Å². The topological polar surface area (TPSA) is 34.2 Å². The third-order valence-electron chi connectivity index (χ3n) is 1.65. The van der Waals surface area contributed by atoms with Gasteiger partial charge >= 0.3 is 0 Å². The van der Waals surface area contributed by atoms with Crippen LogP contribution < -0.4 is 5.32 Å². The van der Waals surface area contributed by atoms with Gasteiger partial charge in [-0.3, -0.25) is 4.98 Å². The standard InChI is InChI=1S/C9H12N2O/c1-2-4-11-8(3-1)9-7-10-5-6-12-9/h1-4,9-10H,5-7H2/i5D2,6D2. The van der Waals surface area contributed by atoms with Gasteiger partial charge in [-0.1, -0.05) is 6.07 Å². The number of hydrogen-bond donors (Lipinski definition) is 1. The van der Waals surface area contributed by atoms with Crippen molar-refractivity contribution in [2.24, 2.45) is 0 Å². The van der Waals surface area contributed by atoms with E-state index in [1.165, 1.54) is 0 Å². The van der Waals surface area contributed by atoms with Crippen molar-refractivity contribution in [1.82, 2.24) is 10.3 Å². The average Bonchev–Trinajstić information content (AvgIpc) is 2.23. The summed E-state index contributed by atoms with van der Waals surface area (Å²) in [5.74, 6) is 0. The van der Waals surface area contributed by atoms with Crippen LogP contribution in [-0.2, 0) is 4.74 Å². The lowest BCUT2D eigenvalue weighted by Crippen LogP contribution is -2.33. The molecule has 64 valence electrons. The Balaban J connectivity index is 2.18. The molecular formula is C9H12N2O. The molecule has 1 unspecified atom stereocenters. The van der Waals surface area contributed by atoms with Crippen LogP contribution in [0.15, 0.2) is 24.4 Å². The molecule has 0 amide bonds. The SMILES string of the molecule is [2H]C1([2H])NCC(c2ccccn2)OC1([2H])[2H]. The molecule has 1 aromatic rings. The Morgan fingerprint density at radius 3 is 3.42 bits per heavy atom. The Labute approximate surface area is 77.4 Å². The highest BCUT2D eigenvalue weighted by molar-refractivity contribution is 5.07. The van der Waals surface area contributed by atoms with Gasteiger partial charge in [0, 0.05) is 22.0 Å². The minimum absolute atomic E-state index is 0.198. The minimum Gasteiger partial charge on any atom is -0.369 e. The van der Waals surface area contributed by atoms with Crippen molar-refractivity contribution in [1.29, 1.82) is 0 Å². The summed E-state index contributed by atoms with van der Waals surface area (Å²) < 4.78 is 34.9. The zero-order chi connectivity index (χ0) is 11.8. The van der Waals surface area contributed by atoms with Crippen molar-refractivity contribution in [3.05, 3.63) is 30.1 Å². The molecule has 1 N–H and O–H groups in total. The van der Waals surface area contributed by atoms with E-state index in [4.69, 9.17) is 10.2 Å². The summed E-state index contributed by atoms with van der Waals surface area (Å²) in [7, 11) is 0. The van der Waals surface area contributed by atoms with E-state index in [-0.39, 0.29) is 6.54 Å². The second-order valence-corrected chi connectivity index (χ2v) is 2.47. The molecule has 0 aromatic carbocycles. The van der Waals surface area contributed by atoms with Crippen molar-refractivity contribution in [3.8, 4) is 0 Å². The van der Waals surface area contributed by atoms with E-state index in [1.807, 2.05) is 0 Å². The molecule has 1 atom stereocenters. The molecule has 1 aliphatic heterocycles. The van der Waals surface area contributed by atoms with Gasteiger partial charge in [-0.25, -0.2) is 0 Å². The van der Waals surface area contributed by atoms with Crippen LogP contribution >= 0.6 is 0 Å². The molecule has 1 fully saturated rings. The first-order valence-electron chi connectivity index (χ1n) is 5.76. The van der Waals surface area contributed by atoms with Gasteiger partial charge in [0.25, 0.3) is 0 Å². The third kappa shape index (κ3) is 1.62. The lowest BCUT2D eigenvalue weighted by molar-refractivity contribution is 0.0250. The maximum Gasteiger partial charge on any atom is 0.112 e. The highest BCUT2D eigenvalue weighted by atomic mass is 16.5. The molecule has 0 saturated carbocycles. The van der Waals surface area contributed by atoms with Gasteiger partial charge in [-0.05, 0) is 12.1 Å². The lowest BCUT2D eigenvalue weighted by Gasteiger charge is -2.22. The molecule has 3 nitrogen and oxygen atoms in total. The number of hydrogen-bond acceptors (Lipinski definition) is 3. The van der Waals surface area contributed by atoms with Crippen LogP contribution in [0.5, 0.6) is 0 Å². The smallest absolute Gasteiger partial charge is 0.112 e. The quantitative estimate of drug-likeness (QED) is 0.671. The van der Waals surface area contributed by atoms with Crippen molar-refractivity contribution in [2.75, 3.05) is 19.6 Å². The van der Waals surface area contributed by atoms with Crippen molar-refractivity contribution in [3.63, 3.8) is 0 Å². The van der Waals surface area contributed by atoms with Gasteiger partial charge in [-0.2, -0.15) is 0 Å². The highest BCUT2D eigenvalue weighted by Gasteiger charge is 2.15. The summed E-state index contributed by atoms with van der Waals surface area (Å²) in [4.78, 5) is 4.06. The summed E-state index contributed by atoms with van der Waals surface area (Å²) in [5.41, 5.74) is 0.592. The van der Waals surface area contributed by atoms with Crippen molar-refractivity contribution < 1.29 is 10.2 Å². The summed E-state index contributed by atoms with van der Waals surface area (Å²) in [6.07, 6.45) is 1.03. The van der Waals surface area contributed by atoms with Gasteiger partial charge < -0.3 is 10.1 Å². The Kier molecular flexibility index (Phi) is 1.32. The molecule has 1 saturated heterocycles. The number of rotatable bonds is 1. The van der Waals surface area contributed by atoms with E-state index < -0.39 is 19.2 Å². The predicted octanol–water partition coefficient (Wildman–Crippen LogP) is 0.742. The van der Waals surface area contributed by atoms with Gasteiger partial charge in [0.05, 0.1) is 15.0 Å². The molecule has 0 aliphatic carbocycles. The third-order valence-corrected chi connectivity index (χ3v) is 1.65. The molecular weight excluding hydrogens is 152 g/mol. The molecule has 0 bridgehead atoms. The van der Waals surface area contributed by atoms with E-state index in [2.05, 4.69) is 10.3 Å². The number of nitrogens with one attached hydrogen (secondary N) is 1. The van der Waals surface area contributed by atoms with E-state index in [9.17, 15) is 0 Å². The Hall–Kier alpha value is -0.930. The van der Waals surface area contributed by atoms with Crippen LogP contribution in [0.25, 0.3) is 0 Å². The number of nitrogens with zero attached hydrogens (tertiary/aromatic N) is 1. The maximum atomic E-state index is 7.49. The molecule has 3 heteroatoms. The largest absolute Gasteiger partial charge is 0.369 e. The highest BCUT2D eigenvalue weighted by Crippen LogP contribution is 2.14. The van der Waals surface area contributed by atoms with E-state index in [0.29, 0.717) is 5.69 Å².